The van der Waals surface area contributed by atoms with Crippen LogP contribution in [0.2, 0.25) is 5.21 Å². The number of hydrogen-bond donors (Lipinski definition) is 0. The zero-order valence-corrected chi connectivity index (χ0v) is 7.01. The maximum absolute atomic E-state index is 8.82. The topological polar surface area (TPSA) is 23.8 Å². The maximum Gasteiger partial charge on any atom is 0.0823 e. The molecule has 0 heterocycles. The Kier molecular flexibility index (Phi) is 0.881. The Hall–Kier alpha value is -0.380. The van der Waals surface area contributed by atoms with E-state index in [1.54, 1.807) is 0 Å². The van der Waals surface area contributed by atoms with Crippen molar-refractivity contribution < 1.29 is 0 Å². The van der Waals surface area contributed by atoms with Crippen LogP contribution in [-0.4, -0.2) is 15.7 Å². The Bertz CT molecular complexity index is 276. The highest BCUT2D eigenvalue weighted by Crippen LogP contribution is 2.95. The highest BCUT2D eigenvalue weighted by molar-refractivity contribution is 6.42. The van der Waals surface area contributed by atoms with Crippen LogP contribution < -0.4 is 0 Å². The summed E-state index contributed by atoms with van der Waals surface area (Å²) in [7, 11) is 11.5. The molecule has 56 valence electrons. The molecule has 0 aromatic heterocycles. The third kappa shape index (κ3) is 0.505. The summed E-state index contributed by atoms with van der Waals surface area (Å²) < 4.78 is 0. The molecule has 3 aliphatic carbocycles. The molecule has 3 fully saturated rings. The van der Waals surface area contributed by atoms with Crippen LogP contribution in [0.25, 0.3) is 0 Å². The summed E-state index contributed by atoms with van der Waals surface area (Å²) in [6.45, 7) is 0. The number of nitriles is 1. The van der Waals surface area contributed by atoms with Gasteiger partial charge in [-0.05, 0) is 47.6 Å². The molecule has 3 aliphatic rings. The van der Waals surface area contributed by atoms with Crippen molar-refractivity contribution in [2.75, 3.05) is 0 Å². The minimum absolute atomic E-state index is 0.308. The molecule has 2 spiro atoms. The van der Waals surface area contributed by atoms with Gasteiger partial charge in [0.15, 0.2) is 0 Å². The lowest BCUT2D eigenvalue weighted by Crippen LogP contribution is -2.15. The fraction of sp³-hybridized carbons (Fsp3) is 0.889. The van der Waals surface area contributed by atoms with Gasteiger partial charge in [0.05, 0.1) is 21.8 Å². The van der Waals surface area contributed by atoms with Crippen LogP contribution in [0.3, 0.4) is 0 Å². The van der Waals surface area contributed by atoms with Crippen molar-refractivity contribution in [3.8, 4) is 6.07 Å². The third-order valence-corrected chi connectivity index (χ3v) is 4.26. The summed E-state index contributed by atoms with van der Waals surface area (Å²) in [5, 5.41) is 7.78. The molecular weight excluding hydrogens is 144 g/mol. The van der Waals surface area contributed by atoms with E-state index in [0.29, 0.717) is 16.7 Å². The van der Waals surface area contributed by atoms with Gasteiger partial charge in [-0.15, -0.1) is 0 Å². The van der Waals surface area contributed by atoms with Crippen LogP contribution >= 0.6 is 0 Å². The molecule has 12 heavy (non-hydrogen) atoms. The van der Waals surface area contributed by atoms with Gasteiger partial charge in [-0.25, -0.2) is 0 Å². The number of fused-ring (bicyclic) bond motifs is 1. The lowest BCUT2D eigenvalue weighted by Gasteiger charge is -2.15. The summed E-state index contributed by atoms with van der Waals surface area (Å²) in [5.41, 5.74) is 0.873. The van der Waals surface area contributed by atoms with Crippen LogP contribution in [0.15, 0.2) is 0 Å². The van der Waals surface area contributed by atoms with Crippen molar-refractivity contribution in [1.82, 2.24) is 0 Å². The van der Waals surface area contributed by atoms with Gasteiger partial charge in [0, 0.05) is 0 Å². The van der Waals surface area contributed by atoms with Crippen LogP contribution in [0.1, 0.15) is 25.7 Å². The van der Waals surface area contributed by atoms with E-state index in [1.807, 2.05) is 0 Å². The summed E-state index contributed by atoms with van der Waals surface area (Å²) in [4.78, 5) is 0. The summed E-state index contributed by atoms with van der Waals surface area (Å²) >= 11 is 0. The van der Waals surface area contributed by atoms with Gasteiger partial charge < -0.3 is 0 Å². The molecule has 3 heteroatoms. The summed E-state index contributed by atoms with van der Waals surface area (Å²) in [6.07, 6.45) is 5.04. The Balaban J connectivity index is 1.94. The largest absolute Gasteiger partial charge is 0.199 e. The molecular formula is C9H9B2N. The van der Waals surface area contributed by atoms with E-state index >= 15 is 0 Å². The van der Waals surface area contributed by atoms with Crippen molar-refractivity contribution in [2.24, 2.45) is 16.7 Å². The van der Waals surface area contributed by atoms with Gasteiger partial charge >= 0.3 is 0 Å². The standard InChI is InChI=1S/C9H9B2N/c10-9(11,5-12)6-7(1-2-7)8(6)3-4-8/h6H,1-4H2. The lowest BCUT2D eigenvalue weighted by molar-refractivity contribution is 0.676. The Morgan fingerprint density at radius 3 is 1.83 bits per heavy atom. The SMILES string of the molecule is [B]C([B])(C#N)C1C2(CC2)C12CC2. The molecule has 0 aliphatic heterocycles. The Morgan fingerprint density at radius 1 is 1.17 bits per heavy atom. The van der Waals surface area contributed by atoms with Gasteiger partial charge in [-0.2, -0.15) is 5.26 Å². The molecule has 3 rings (SSSR count). The molecule has 0 atom stereocenters. The summed E-state index contributed by atoms with van der Waals surface area (Å²) in [6, 6.07) is 2.05. The van der Waals surface area contributed by atoms with E-state index < -0.39 is 5.21 Å². The van der Waals surface area contributed by atoms with Gasteiger partial charge in [0.25, 0.3) is 0 Å². The fourth-order valence-electron chi connectivity index (χ4n) is 3.56. The zero-order chi connectivity index (χ0) is 8.61. The smallest absolute Gasteiger partial charge is 0.0823 e. The van der Waals surface area contributed by atoms with Crippen LogP contribution in [0.5, 0.6) is 0 Å². The van der Waals surface area contributed by atoms with Crippen LogP contribution in [0.4, 0.5) is 0 Å². The lowest BCUT2D eigenvalue weighted by atomic mass is 9.51. The maximum atomic E-state index is 8.82. The first-order chi connectivity index (χ1) is 5.59. The molecule has 0 bridgehead atoms. The molecule has 0 unspecified atom stereocenters. The minimum atomic E-state index is -1.05. The number of rotatable bonds is 1. The molecule has 0 aromatic carbocycles. The van der Waals surface area contributed by atoms with E-state index in [-0.39, 0.29) is 0 Å². The van der Waals surface area contributed by atoms with E-state index in [9.17, 15) is 0 Å². The fourth-order valence-corrected chi connectivity index (χ4v) is 3.56. The molecule has 0 aromatic rings. The van der Waals surface area contributed by atoms with E-state index in [2.05, 4.69) is 6.07 Å². The second-order valence-electron chi connectivity index (χ2n) is 4.79. The van der Waals surface area contributed by atoms with E-state index in [0.717, 1.165) is 0 Å². The number of nitrogens with zero attached hydrogens (tertiary/aromatic N) is 1. The van der Waals surface area contributed by atoms with Gasteiger partial charge in [0.1, 0.15) is 0 Å². The quantitative estimate of drug-likeness (QED) is 0.518. The second-order valence-corrected chi connectivity index (χ2v) is 4.79. The van der Waals surface area contributed by atoms with E-state index in [1.165, 1.54) is 25.7 Å². The van der Waals surface area contributed by atoms with Crippen molar-refractivity contribution in [2.45, 2.75) is 30.9 Å². The van der Waals surface area contributed by atoms with Crippen molar-refractivity contribution in [3.05, 3.63) is 0 Å². The molecule has 0 saturated heterocycles. The Labute approximate surface area is 75.3 Å². The van der Waals surface area contributed by atoms with Gasteiger partial charge in [-0.1, -0.05) is 0 Å². The second kappa shape index (κ2) is 1.50. The first kappa shape index (κ1) is 7.06. The average molecular weight is 153 g/mol. The monoisotopic (exact) mass is 153 g/mol. The van der Waals surface area contributed by atoms with Crippen LogP contribution in [0, 0.1) is 28.1 Å². The molecule has 1 nitrogen and oxygen atoms in total. The molecule has 3 saturated carbocycles. The zero-order valence-electron chi connectivity index (χ0n) is 7.01. The predicted octanol–water partition coefficient (Wildman–Crippen LogP) is 1.15. The molecule has 4 radical (unpaired) electrons. The molecule has 0 N–H and O–H groups in total. The van der Waals surface area contributed by atoms with Crippen LogP contribution in [-0.2, 0) is 0 Å². The van der Waals surface area contributed by atoms with E-state index in [4.69, 9.17) is 21.0 Å². The van der Waals surface area contributed by atoms with Gasteiger partial charge in [-0.3, -0.25) is 0 Å². The van der Waals surface area contributed by atoms with Crippen molar-refractivity contribution >= 4 is 15.7 Å². The highest BCUT2D eigenvalue weighted by atomic mass is 14.9. The minimum Gasteiger partial charge on any atom is -0.199 e. The predicted molar refractivity (Wildman–Crippen MR) is 46.6 cm³/mol. The first-order valence-electron chi connectivity index (χ1n) is 4.58. The average Bonchev–Trinajstić information content (AvgIpc) is 2.83. The first-order valence-corrected chi connectivity index (χ1v) is 4.58. The van der Waals surface area contributed by atoms with Crippen molar-refractivity contribution in [1.29, 1.82) is 5.26 Å². The van der Waals surface area contributed by atoms with Crippen molar-refractivity contribution in [3.63, 3.8) is 0 Å². The highest BCUT2D eigenvalue weighted by Gasteiger charge is 2.88. The third-order valence-electron chi connectivity index (χ3n) is 4.26. The summed E-state index contributed by atoms with van der Waals surface area (Å²) in [5.74, 6) is 0.308. The normalized spacial score (nSPS) is 37.8. The molecule has 0 amide bonds. The Morgan fingerprint density at radius 2 is 1.58 bits per heavy atom. The number of hydrogen-bond acceptors (Lipinski definition) is 1. The van der Waals surface area contributed by atoms with Gasteiger partial charge in [0.2, 0.25) is 0 Å².